The zero-order chi connectivity index (χ0) is 11.1. The molecule has 0 saturated heterocycles. The van der Waals surface area contributed by atoms with Gasteiger partial charge in [-0.1, -0.05) is 5.21 Å². The van der Waals surface area contributed by atoms with Crippen molar-refractivity contribution < 1.29 is 9.84 Å². The molecule has 86 valence electrons. The van der Waals surface area contributed by atoms with E-state index in [0.29, 0.717) is 26.1 Å². The molecule has 0 unspecified atom stereocenters. The second-order valence-electron chi connectivity index (χ2n) is 3.23. The lowest BCUT2D eigenvalue weighted by Crippen LogP contribution is -2.11. The molecule has 0 fully saturated rings. The van der Waals surface area contributed by atoms with E-state index < -0.39 is 0 Å². The number of rotatable bonds is 7. The number of hydrogen-bond donors (Lipinski definition) is 2. The topological polar surface area (TPSA) is 86.2 Å². The summed E-state index contributed by atoms with van der Waals surface area (Å²) in [7, 11) is 1.66. The van der Waals surface area contributed by atoms with Gasteiger partial charge in [0.25, 0.3) is 0 Å². The smallest absolute Gasteiger partial charge is 0.0995 e. The highest BCUT2D eigenvalue weighted by Crippen LogP contribution is 2.06. The fourth-order valence-electron chi connectivity index (χ4n) is 1.40. The molecule has 1 aromatic rings. The number of hydrogen-bond acceptors (Lipinski definition) is 5. The van der Waals surface area contributed by atoms with Crippen molar-refractivity contribution in [2.75, 3.05) is 20.3 Å². The van der Waals surface area contributed by atoms with Gasteiger partial charge in [0.2, 0.25) is 0 Å². The Morgan fingerprint density at radius 3 is 2.93 bits per heavy atom. The van der Waals surface area contributed by atoms with Gasteiger partial charge in [0.1, 0.15) is 0 Å². The summed E-state index contributed by atoms with van der Waals surface area (Å²) in [6, 6.07) is 0. The average Bonchev–Trinajstić information content (AvgIpc) is 2.65. The van der Waals surface area contributed by atoms with Gasteiger partial charge in [-0.2, -0.15) is 0 Å². The Labute approximate surface area is 89.0 Å². The van der Waals surface area contributed by atoms with E-state index in [-0.39, 0.29) is 6.61 Å². The monoisotopic (exact) mass is 214 g/mol. The molecule has 0 saturated carbocycles. The normalized spacial score (nSPS) is 10.9. The average molecular weight is 214 g/mol. The minimum atomic E-state index is 0.154. The lowest BCUT2D eigenvalue weighted by Gasteiger charge is -2.06. The van der Waals surface area contributed by atoms with Gasteiger partial charge in [0, 0.05) is 33.2 Å². The van der Waals surface area contributed by atoms with E-state index in [2.05, 4.69) is 10.3 Å². The molecule has 1 rings (SSSR count). The van der Waals surface area contributed by atoms with Gasteiger partial charge in [0.05, 0.1) is 18.0 Å². The summed E-state index contributed by atoms with van der Waals surface area (Å²) in [5, 5.41) is 16.7. The maximum Gasteiger partial charge on any atom is 0.0995 e. The van der Waals surface area contributed by atoms with Crippen LogP contribution in [-0.2, 0) is 24.2 Å². The Morgan fingerprint density at radius 2 is 2.33 bits per heavy atom. The van der Waals surface area contributed by atoms with Crippen LogP contribution in [-0.4, -0.2) is 40.4 Å². The van der Waals surface area contributed by atoms with E-state index in [1.54, 1.807) is 11.8 Å². The van der Waals surface area contributed by atoms with Crippen LogP contribution < -0.4 is 5.73 Å². The SMILES string of the molecule is COCCc1c(CN)nnn1CCCO. The third-order valence-corrected chi connectivity index (χ3v) is 2.18. The number of aliphatic hydroxyl groups excluding tert-OH is 1. The summed E-state index contributed by atoms with van der Waals surface area (Å²) in [5.41, 5.74) is 7.38. The lowest BCUT2D eigenvalue weighted by atomic mass is 10.2. The van der Waals surface area contributed by atoms with E-state index in [1.807, 2.05) is 0 Å². The molecule has 3 N–H and O–H groups in total. The first-order chi connectivity index (χ1) is 7.33. The highest BCUT2D eigenvalue weighted by molar-refractivity contribution is 5.10. The van der Waals surface area contributed by atoms with Crippen LogP contribution in [0, 0.1) is 0 Å². The Kier molecular flexibility index (Phi) is 5.23. The van der Waals surface area contributed by atoms with Crippen molar-refractivity contribution in [2.45, 2.75) is 25.9 Å². The summed E-state index contributed by atoms with van der Waals surface area (Å²) in [4.78, 5) is 0. The molecule has 0 bridgehead atoms. The van der Waals surface area contributed by atoms with Crippen molar-refractivity contribution in [3.05, 3.63) is 11.4 Å². The largest absolute Gasteiger partial charge is 0.396 e. The van der Waals surface area contributed by atoms with Crippen molar-refractivity contribution in [2.24, 2.45) is 5.73 Å². The minimum absolute atomic E-state index is 0.154. The summed E-state index contributed by atoms with van der Waals surface area (Å²) < 4.78 is 6.80. The summed E-state index contributed by atoms with van der Waals surface area (Å²) in [6.45, 7) is 1.84. The molecule has 1 aromatic heterocycles. The number of ether oxygens (including phenoxy) is 1. The zero-order valence-corrected chi connectivity index (χ0v) is 9.02. The number of nitrogens with zero attached hydrogens (tertiary/aromatic N) is 3. The first kappa shape index (κ1) is 12.1. The van der Waals surface area contributed by atoms with Gasteiger partial charge in [0.15, 0.2) is 0 Å². The maximum absolute atomic E-state index is 8.75. The van der Waals surface area contributed by atoms with Crippen LogP contribution >= 0.6 is 0 Å². The van der Waals surface area contributed by atoms with Crippen LogP contribution in [0.3, 0.4) is 0 Å². The standard InChI is InChI=1S/C9H18N4O2/c1-15-6-3-9-8(7-10)11-12-13(9)4-2-5-14/h14H,2-7,10H2,1H3. The molecule has 0 aliphatic carbocycles. The molecular formula is C9H18N4O2. The predicted molar refractivity (Wildman–Crippen MR) is 55.2 cm³/mol. The zero-order valence-electron chi connectivity index (χ0n) is 9.02. The molecule has 6 nitrogen and oxygen atoms in total. The predicted octanol–water partition coefficient (Wildman–Crippen LogP) is -0.692. The summed E-state index contributed by atoms with van der Waals surface area (Å²) in [6.07, 6.45) is 1.43. The molecular weight excluding hydrogens is 196 g/mol. The van der Waals surface area contributed by atoms with E-state index >= 15 is 0 Å². The van der Waals surface area contributed by atoms with Gasteiger partial charge in [-0.3, -0.25) is 0 Å². The molecule has 0 aliphatic rings. The molecule has 0 aliphatic heterocycles. The maximum atomic E-state index is 8.75. The Bertz CT molecular complexity index is 288. The second-order valence-corrected chi connectivity index (χ2v) is 3.23. The van der Waals surface area contributed by atoms with Crippen LogP contribution in [0.2, 0.25) is 0 Å². The van der Waals surface area contributed by atoms with Crippen LogP contribution in [0.1, 0.15) is 17.8 Å². The molecule has 0 spiro atoms. The third-order valence-electron chi connectivity index (χ3n) is 2.18. The highest BCUT2D eigenvalue weighted by Gasteiger charge is 2.10. The van der Waals surface area contributed by atoms with Crippen LogP contribution in [0.15, 0.2) is 0 Å². The van der Waals surface area contributed by atoms with Gasteiger partial charge in [-0.05, 0) is 6.42 Å². The van der Waals surface area contributed by atoms with Gasteiger partial charge >= 0.3 is 0 Å². The van der Waals surface area contributed by atoms with Crippen molar-refractivity contribution in [1.82, 2.24) is 15.0 Å². The highest BCUT2D eigenvalue weighted by atomic mass is 16.5. The van der Waals surface area contributed by atoms with E-state index in [1.165, 1.54) is 0 Å². The Balaban J connectivity index is 2.70. The van der Waals surface area contributed by atoms with E-state index in [9.17, 15) is 0 Å². The number of aliphatic hydroxyl groups is 1. The Hall–Kier alpha value is -0.980. The van der Waals surface area contributed by atoms with E-state index in [0.717, 1.165) is 17.8 Å². The van der Waals surface area contributed by atoms with E-state index in [4.69, 9.17) is 15.6 Å². The first-order valence-electron chi connectivity index (χ1n) is 5.04. The lowest BCUT2D eigenvalue weighted by molar-refractivity contribution is 0.199. The number of aromatic nitrogens is 3. The number of aryl methyl sites for hydroxylation is 1. The van der Waals surface area contributed by atoms with Crippen LogP contribution in [0.4, 0.5) is 0 Å². The molecule has 0 aromatic carbocycles. The molecule has 0 radical (unpaired) electrons. The molecule has 15 heavy (non-hydrogen) atoms. The van der Waals surface area contributed by atoms with Crippen LogP contribution in [0.25, 0.3) is 0 Å². The quantitative estimate of drug-likeness (QED) is 0.627. The molecule has 0 amide bonds. The molecule has 0 atom stereocenters. The van der Waals surface area contributed by atoms with Gasteiger partial charge in [-0.25, -0.2) is 4.68 Å². The van der Waals surface area contributed by atoms with Crippen molar-refractivity contribution in [3.63, 3.8) is 0 Å². The van der Waals surface area contributed by atoms with Gasteiger partial charge in [-0.15, -0.1) is 5.10 Å². The fourth-order valence-corrected chi connectivity index (χ4v) is 1.40. The molecule has 6 heteroatoms. The van der Waals surface area contributed by atoms with Gasteiger partial charge < -0.3 is 15.6 Å². The first-order valence-corrected chi connectivity index (χ1v) is 5.04. The van der Waals surface area contributed by atoms with Crippen molar-refractivity contribution in [3.8, 4) is 0 Å². The fraction of sp³-hybridized carbons (Fsp3) is 0.778. The van der Waals surface area contributed by atoms with Crippen molar-refractivity contribution >= 4 is 0 Å². The summed E-state index contributed by atoms with van der Waals surface area (Å²) >= 11 is 0. The Morgan fingerprint density at radius 1 is 1.53 bits per heavy atom. The number of nitrogens with two attached hydrogens (primary N) is 1. The third kappa shape index (κ3) is 3.26. The second kappa shape index (κ2) is 6.49. The van der Waals surface area contributed by atoms with Crippen molar-refractivity contribution in [1.29, 1.82) is 0 Å². The van der Waals surface area contributed by atoms with Crippen LogP contribution in [0.5, 0.6) is 0 Å². The summed E-state index contributed by atoms with van der Waals surface area (Å²) in [5.74, 6) is 0. The number of methoxy groups -OCH3 is 1. The minimum Gasteiger partial charge on any atom is -0.396 e. The molecule has 1 heterocycles.